The van der Waals surface area contributed by atoms with Crippen molar-refractivity contribution in [1.82, 2.24) is 15.5 Å². The van der Waals surface area contributed by atoms with Gasteiger partial charge in [-0.25, -0.2) is 0 Å². The third kappa shape index (κ3) is 3.12. The second-order valence-electron chi connectivity index (χ2n) is 7.80. The number of amides is 2. The summed E-state index contributed by atoms with van der Waals surface area (Å²) in [5.74, 6) is 0.616. The first-order chi connectivity index (χ1) is 11.0. The number of rotatable bonds is 3. The van der Waals surface area contributed by atoms with Gasteiger partial charge in [-0.15, -0.1) is 0 Å². The zero-order valence-electron chi connectivity index (χ0n) is 14.6. The van der Waals surface area contributed by atoms with Crippen LogP contribution in [0.1, 0.15) is 58.8 Å². The Hall–Kier alpha value is -1.10. The van der Waals surface area contributed by atoms with Gasteiger partial charge in [-0.1, -0.05) is 12.8 Å². The monoisotopic (exact) mass is 321 g/mol. The normalized spacial score (nSPS) is 35.5. The average Bonchev–Trinajstić information content (AvgIpc) is 3.00. The largest absolute Gasteiger partial charge is 0.344 e. The number of carbonyl (C=O) groups is 2. The van der Waals surface area contributed by atoms with Gasteiger partial charge in [0.1, 0.15) is 6.04 Å². The highest BCUT2D eigenvalue weighted by Crippen LogP contribution is 2.44. The fourth-order valence-corrected chi connectivity index (χ4v) is 4.77. The minimum Gasteiger partial charge on any atom is -0.344 e. The predicted octanol–water partition coefficient (Wildman–Crippen LogP) is 1.67. The summed E-state index contributed by atoms with van der Waals surface area (Å²) in [7, 11) is 0. The Morgan fingerprint density at radius 2 is 2.00 bits per heavy atom. The molecule has 3 aliphatic rings. The molecule has 130 valence electrons. The van der Waals surface area contributed by atoms with E-state index in [1.54, 1.807) is 0 Å². The zero-order valence-corrected chi connectivity index (χ0v) is 14.6. The molecule has 0 aromatic carbocycles. The Morgan fingerprint density at radius 1 is 1.22 bits per heavy atom. The molecule has 2 heterocycles. The van der Waals surface area contributed by atoms with E-state index in [-0.39, 0.29) is 17.2 Å². The van der Waals surface area contributed by atoms with Crippen molar-refractivity contribution < 1.29 is 9.59 Å². The van der Waals surface area contributed by atoms with Gasteiger partial charge in [0.25, 0.3) is 0 Å². The first-order valence-electron chi connectivity index (χ1n) is 9.37. The molecule has 5 heteroatoms. The molecule has 2 saturated heterocycles. The van der Waals surface area contributed by atoms with Crippen LogP contribution in [0.25, 0.3) is 0 Å². The van der Waals surface area contributed by atoms with E-state index in [1.165, 1.54) is 12.8 Å². The van der Waals surface area contributed by atoms with Crippen LogP contribution >= 0.6 is 0 Å². The Bertz CT molecular complexity index is 467. The summed E-state index contributed by atoms with van der Waals surface area (Å²) in [5.41, 5.74) is -0.277. The third-order valence-electron chi connectivity index (χ3n) is 6.29. The second-order valence-corrected chi connectivity index (χ2v) is 7.80. The van der Waals surface area contributed by atoms with Crippen molar-refractivity contribution in [2.75, 3.05) is 19.6 Å². The van der Waals surface area contributed by atoms with Crippen LogP contribution in [0.4, 0.5) is 0 Å². The fraction of sp³-hybridized carbons (Fsp3) is 0.889. The summed E-state index contributed by atoms with van der Waals surface area (Å²) in [4.78, 5) is 27.6. The number of likely N-dealkylation sites (tertiary alicyclic amines) is 1. The Kier molecular flexibility index (Phi) is 4.95. The smallest absolute Gasteiger partial charge is 0.245 e. The lowest BCUT2D eigenvalue weighted by molar-refractivity contribution is -0.142. The summed E-state index contributed by atoms with van der Waals surface area (Å²) in [6.07, 6.45) is 7.78. The first kappa shape index (κ1) is 16.7. The maximum Gasteiger partial charge on any atom is 0.245 e. The Labute approximate surface area is 139 Å². The molecule has 2 unspecified atom stereocenters. The number of piperidine rings is 1. The van der Waals surface area contributed by atoms with Crippen LogP contribution in [-0.4, -0.2) is 48.4 Å². The fourth-order valence-electron chi connectivity index (χ4n) is 4.77. The number of fused-ring (bicyclic) bond motifs is 1. The topological polar surface area (TPSA) is 61.4 Å². The zero-order chi connectivity index (χ0) is 16.4. The molecule has 3 rings (SSSR count). The van der Waals surface area contributed by atoms with E-state index in [1.807, 2.05) is 11.8 Å². The van der Waals surface area contributed by atoms with E-state index in [2.05, 4.69) is 17.6 Å². The second kappa shape index (κ2) is 6.80. The van der Waals surface area contributed by atoms with E-state index in [0.29, 0.717) is 12.0 Å². The summed E-state index contributed by atoms with van der Waals surface area (Å²) in [6, 6.07) is -0.120. The van der Waals surface area contributed by atoms with Gasteiger partial charge in [0.2, 0.25) is 11.8 Å². The molecule has 2 N–H and O–H groups in total. The molecule has 0 radical (unpaired) electrons. The summed E-state index contributed by atoms with van der Waals surface area (Å²) < 4.78 is 0. The van der Waals surface area contributed by atoms with Crippen molar-refractivity contribution in [3.63, 3.8) is 0 Å². The van der Waals surface area contributed by atoms with Gasteiger partial charge in [0.15, 0.2) is 0 Å². The van der Waals surface area contributed by atoms with Crippen molar-refractivity contribution in [2.45, 2.75) is 70.9 Å². The molecule has 0 spiro atoms. The number of nitrogens with one attached hydrogen (secondary N) is 2. The van der Waals surface area contributed by atoms with Crippen LogP contribution in [0.3, 0.4) is 0 Å². The average molecular weight is 321 g/mol. The van der Waals surface area contributed by atoms with E-state index < -0.39 is 6.04 Å². The van der Waals surface area contributed by atoms with Gasteiger partial charge in [0, 0.05) is 19.1 Å². The van der Waals surface area contributed by atoms with Gasteiger partial charge in [0.05, 0.1) is 5.41 Å². The molecular formula is C18H31N3O2. The first-order valence-corrected chi connectivity index (χ1v) is 9.37. The van der Waals surface area contributed by atoms with Gasteiger partial charge < -0.3 is 15.5 Å². The van der Waals surface area contributed by atoms with Gasteiger partial charge in [-0.2, -0.15) is 0 Å². The molecule has 23 heavy (non-hydrogen) atoms. The van der Waals surface area contributed by atoms with Crippen LogP contribution in [-0.2, 0) is 9.59 Å². The van der Waals surface area contributed by atoms with Crippen LogP contribution < -0.4 is 10.6 Å². The highest BCUT2D eigenvalue weighted by atomic mass is 16.2. The molecule has 1 saturated carbocycles. The SMILES string of the molecule is CC(NC(=O)[C@@]12CCCC[C@H]1CNC2)C(=O)N1CCCCC1C. The highest BCUT2D eigenvalue weighted by molar-refractivity contribution is 5.90. The predicted molar refractivity (Wildman–Crippen MR) is 89.9 cm³/mol. The molecule has 0 bridgehead atoms. The minimum absolute atomic E-state index is 0.0836. The Morgan fingerprint density at radius 3 is 2.78 bits per heavy atom. The number of hydrogen-bond acceptors (Lipinski definition) is 3. The summed E-state index contributed by atoms with van der Waals surface area (Å²) in [5, 5.41) is 6.46. The highest BCUT2D eigenvalue weighted by Gasteiger charge is 2.50. The maximum atomic E-state index is 13.0. The van der Waals surface area contributed by atoms with Crippen LogP contribution in [0.2, 0.25) is 0 Å². The van der Waals surface area contributed by atoms with Gasteiger partial charge in [-0.3, -0.25) is 9.59 Å². The lowest BCUT2D eigenvalue weighted by Gasteiger charge is -2.39. The lowest BCUT2D eigenvalue weighted by Crippen LogP contribution is -2.56. The Balaban J connectivity index is 1.63. The van der Waals surface area contributed by atoms with Crippen LogP contribution in [0, 0.1) is 11.3 Å². The van der Waals surface area contributed by atoms with E-state index >= 15 is 0 Å². The molecule has 5 nitrogen and oxygen atoms in total. The van der Waals surface area contributed by atoms with Crippen molar-refractivity contribution in [3.8, 4) is 0 Å². The quantitative estimate of drug-likeness (QED) is 0.831. The molecule has 2 amide bonds. The van der Waals surface area contributed by atoms with Crippen molar-refractivity contribution >= 4 is 11.8 Å². The minimum atomic E-state index is -0.416. The van der Waals surface area contributed by atoms with Crippen LogP contribution in [0.5, 0.6) is 0 Å². The molecule has 0 aromatic rings. The van der Waals surface area contributed by atoms with E-state index in [4.69, 9.17) is 0 Å². The molecule has 3 fully saturated rings. The number of hydrogen-bond donors (Lipinski definition) is 2. The molecule has 2 aliphatic heterocycles. The lowest BCUT2D eigenvalue weighted by atomic mass is 9.67. The van der Waals surface area contributed by atoms with Crippen molar-refractivity contribution in [3.05, 3.63) is 0 Å². The standard InChI is InChI=1S/C18H31N3O2/c1-13-7-4-6-10-21(13)16(22)14(2)20-17(23)18-9-5-3-8-15(18)11-19-12-18/h13-15,19H,3-12H2,1-2H3,(H,20,23)/t13?,14?,15-,18+/m0/s1. The number of nitrogens with zero attached hydrogens (tertiary/aromatic N) is 1. The molecule has 1 aliphatic carbocycles. The van der Waals surface area contributed by atoms with E-state index in [9.17, 15) is 9.59 Å². The van der Waals surface area contributed by atoms with E-state index in [0.717, 1.165) is 51.7 Å². The number of carbonyl (C=O) groups excluding carboxylic acids is 2. The van der Waals surface area contributed by atoms with Gasteiger partial charge in [-0.05, 0) is 58.4 Å². The van der Waals surface area contributed by atoms with Crippen molar-refractivity contribution in [2.24, 2.45) is 11.3 Å². The van der Waals surface area contributed by atoms with Gasteiger partial charge >= 0.3 is 0 Å². The summed E-state index contributed by atoms with van der Waals surface area (Å²) in [6.45, 7) is 6.50. The van der Waals surface area contributed by atoms with Crippen molar-refractivity contribution in [1.29, 1.82) is 0 Å². The molecule has 0 aromatic heterocycles. The molecule has 4 atom stereocenters. The summed E-state index contributed by atoms with van der Waals surface area (Å²) >= 11 is 0. The third-order valence-corrected chi connectivity index (χ3v) is 6.29. The maximum absolute atomic E-state index is 13.0. The molecular weight excluding hydrogens is 290 g/mol. The van der Waals surface area contributed by atoms with Crippen LogP contribution in [0.15, 0.2) is 0 Å².